The average Bonchev–Trinajstić information content (AvgIpc) is 2.88. The van der Waals surface area contributed by atoms with Crippen molar-refractivity contribution in [3.63, 3.8) is 0 Å². The van der Waals surface area contributed by atoms with Gasteiger partial charge in [0.1, 0.15) is 11.2 Å². The first kappa shape index (κ1) is 21.1. The van der Waals surface area contributed by atoms with E-state index in [4.69, 9.17) is 28.9 Å². The summed E-state index contributed by atoms with van der Waals surface area (Å²) in [6, 6.07) is 9.61. The zero-order chi connectivity index (χ0) is 20.7. The van der Waals surface area contributed by atoms with Crippen LogP contribution in [0.3, 0.4) is 0 Å². The standard InChI is InChI=1S/C21H25Cl2N3O2/c1-20(2,3)10-15-21(24,13-7-8-16(23)25-11-13)17(18(26-15)19(27)28)12-5-4-6-14(22)9-12/h4-9,11,15,17-18,26H,10,24H2,1-3H3,(H,27,28). The number of nitrogens with two attached hydrogens (primary N) is 1. The second-order valence-electron chi connectivity index (χ2n) is 8.64. The van der Waals surface area contributed by atoms with Crippen LogP contribution in [0.1, 0.15) is 44.2 Å². The van der Waals surface area contributed by atoms with Gasteiger partial charge in [-0.1, -0.05) is 62.2 Å². The van der Waals surface area contributed by atoms with Crippen LogP contribution in [0.2, 0.25) is 10.2 Å². The summed E-state index contributed by atoms with van der Waals surface area (Å²) in [5.74, 6) is -1.47. The lowest BCUT2D eigenvalue weighted by Gasteiger charge is -2.39. The molecule has 7 heteroatoms. The number of pyridine rings is 1. The van der Waals surface area contributed by atoms with E-state index in [0.29, 0.717) is 16.6 Å². The van der Waals surface area contributed by atoms with E-state index in [1.54, 1.807) is 24.4 Å². The highest BCUT2D eigenvalue weighted by Crippen LogP contribution is 2.48. The predicted molar refractivity (Wildman–Crippen MR) is 112 cm³/mol. The quantitative estimate of drug-likeness (QED) is 0.644. The number of carboxylic acids is 1. The lowest BCUT2D eigenvalue weighted by molar-refractivity contribution is -0.139. The van der Waals surface area contributed by atoms with Crippen molar-refractivity contribution in [2.45, 2.75) is 50.7 Å². The molecule has 2 aromatic rings. The SMILES string of the molecule is CC(C)(C)CC1NC(C(=O)O)C(c2cccc(Cl)c2)C1(N)c1ccc(Cl)nc1. The molecule has 0 bridgehead atoms. The fourth-order valence-electron chi connectivity index (χ4n) is 4.18. The summed E-state index contributed by atoms with van der Waals surface area (Å²) in [4.78, 5) is 16.4. The third kappa shape index (κ3) is 4.03. The fraction of sp³-hybridized carbons (Fsp3) is 0.429. The highest BCUT2D eigenvalue weighted by molar-refractivity contribution is 6.30. The minimum Gasteiger partial charge on any atom is -0.480 e. The molecule has 4 unspecified atom stereocenters. The van der Waals surface area contributed by atoms with Crippen LogP contribution < -0.4 is 11.1 Å². The van der Waals surface area contributed by atoms with Crippen molar-refractivity contribution in [3.05, 3.63) is 63.9 Å². The van der Waals surface area contributed by atoms with Gasteiger partial charge in [-0.2, -0.15) is 0 Å². The van der Waals surface area contributed by atoms with E-state index in [2.05, 4.69) is 31.1 Å². The van der Waals surface area contributed by atoms with Gasteiger partial charge in [-0.15, -0.1) is 0 Å². The zero-order valence-electron chi connectivity index (χ0n) is 16.1. The summed E-state index contributed by atoms with van der Waals surface area (Å²) in [7, 11) is 0. The summed E-state index contributed by atoms with van der Waals surface area (Å²) < 4.78 is 0. The normalized spacial score (nSPS) is 27.7. The smallest absolute Gasteiger partial charge is 0.321 e. The summed E-state index contributed by atoms with van der Waals surface area (Å²) >= 11 is 12.2. The Labute approximate surface area is 175 Å². The van der Waals surface area contributed by atoms with Crippen molar-refractivity contribution < 1.29 is 9.90 Å². The van der Waals surface area contributed by atoms with Crippen LogP contribution >= 0.6 is 23.2 Å². The molecule has 28 heavy (non-hydrogen) atoms. The van der Waals surface area contributed by atoms with Gasteiger partial charge in [0.25, 0.3) is 0 Å². The van der Waals surface area contributed by atoms with Crippen LogP contribution in [0.25, 0.3) is 0 Å². The molecular weight excluding hydrogens is 397 g/mol. The minimum absolute atomic E-state index is 0.0611. The largest absolute Gasteiger partial charge is 0.480 e. The first-order valence-corrected chi connectivity index (χ1v) is 9.93. The summed E-state index contributed by atoms with van der Waals surface area (Å²) in [5, 5.41) is 14.2. The molecule has 3 rings (SSSR count). The van der Waals surface area contributed by atoms with Crippen LogP contribution in [0.15, 0.2) is 42.6 Å². The molecule has 0 aliphatic carbocycles. The number of carbonyl (C=O) groups is 1. The number of rotatable bonds is 4. The first-order chi connectivity index (χ1) is 13.0. The number of hydrogen-bond donors (Lipinski definition) is 3. The summed E-state index contributed by atoms with van der Waals surface area (Å²) in [5.41, 5.74) is 7.54. The Hall–Kier alpha value is -1.66. The Morgan fingerprint density at radius 2 is 2.00 bits per heavy atom. The maximum absolute atomic E-state index is 12.2. The van der Waals surface area contributed by atoms with Crippen LogP contribution in [-0.2, 0) is 10.3 Å². The highest BCUT2D eigenvalue weighted by Gasteiger charge is 2.57. The third-order valence-electron chi connectivity index (χ3n) is 5.32. The molecule has 2 heterocycles. The number of halogens is 2. The number of hydrogen-bond acceptors (Lipinski definition) is 4. The Bertz CT molecular complexity index is 867. The molecule has 1 aromatic carbocycles. The van der Waals surface area contributed by atoms with E-state index in [-0.39, 0.29) is 11.5 Å². The Morgan fingerprint density at radius 3 is 2.54 bits per heavy atom. The van der Waals surface area contributed by atoms with Crippen molar-refractivity contribution in [2.75, 3.05) is 0 Å². The number of aromatic nitrogens is 1. The van der Waals surface area contributed by atoms with Gasteiger partial charge in [0, 0.05) is 23.2 Å². The topological polar surface area (TPSA) is 88.2 Å². The molecule has 1 fully saturated rings. The van der Waals surface area contributed by atoms with Crippen LogP contribution in [0.5, 0.6) is 0 Å². The van der Waals surface area contributed by atoms with E-state index in [9.17, 15) is 9.90 Å². The zero-order valence-corrected chi connectivity index (χ0v) is 17.6. The summed E-state index contributed by atoms with van der Waals surface area (Å²) in [6.07, 6.45) is 2.33. The first-order valence-electron chi connectivity index (χ1n) is 9.17. The van der Waals surface area contributed by atoms with Crippen molar-refractivity contribution in [3.8, 4) is 0 Å². The Balaban J connectivity index is 2.20. The Kier molecular flexibility index (Phi) is 5.74. The maximum Gasteiger partial charge on any atom is 0.321 e. The molecule has 150 valence electrons. The minimum atomic E-state index is -1.00. The molecule has 1 aliphatic rings. The lowest BCUT2D eigenvalue weighted by atomic mass is 9.69. The predicted octanol–water partition coefficient (Wildman–Crippen LogP) is 4.19. The fourth-order valence-corrected chi connectivity index (χ4v) is 4.49. The molecule has 5 nitrogen and oxygen atoms in total. The monoisotopic (exact) mass is 421 g/mol. The van der Waals surface area contributed by atoms with Crippen LogP contribution in [0.4, 0.5) is 0 Å². The van der Waals surface area contributed by atoms with Crippen LogP contribution in [-0.4, -0.2) is 28.1 Å². The van der Waals surface area contributed by atoms with Gasteiger partial charge in [-0.3, -0.25) is 10.1 Å². The number of carboxylic acid groups (broad SMARTS) is 1. The number of benzene rings is 1. The van der Waals surface area contributed by atoms with E-state index >= 15 is 0 Å². The van der Waals surface area contributed by atoms with Gasteiger partial charge >= 0.3 is 5.97 Å². The van der Waals surface area contributed by atoms with E-state index in [1.807, 2.05) is 18.2 Å². The van der Waals surface area contributed by atoms with Crippen molar-refractivity contribution in [1.29, 1.82) is 0 Å². The second-order valence-corrected chi connectivity index (χ2v) is 9.46. The Morgan fingerprint density at radius 1 is 1.29 bits per heavy atom. The third-order valence-corrected chi connectivity index (χ3v) is 5.78. The van der Waals surface area contributed by atoms with Crippen LogP contribution in [0, 0.1) is 5.41 Å². The highest BCUT2D eigenvalue weighted by atomic mass is 35.5. The molecule has 0 amide bonds. The van der Waals surface area contributed by atoms with E-state index in [1.165, 1.54) is 0 Å². The van der Waals surface area contributed by atoms with Gasteiger partial charge < -0.3 is 10.8 Å². The lowest BCUT2D eigenvalue weighted by Crippen LogP contribution is -2.51. The van der Waals surface area contributed by atoms with E-state index in [0.717, 1.165) is 11.1 Å². The molecule has 1 aliphatic heterocycles. The van der Waals surface area contributed by atoms with Gasteiger partial charge in [0.15, 0.2) is 0 Å². The molecule has 1 saturated heterocycles. The molecule has 0 saturated carbocycles. The summed E-state index contributed by atoms with van der Waals surface area (Å²) in [6.45, 7) is 6.33. The molecule has 4 atom stereocenters. The molecule has 4 N–H and O–H groups in total. The second kappa shape index (κ2) is 7.64. The van der Waals surface area contributed by atoms with Gasteiger partial charge in [0.2, 0.25) is 0 Å². The van der Waals surface area contributed by atoms with E-state index < -0.39 is 23.5 Å². The van der Waals surface area contributed by atoms with Crippen molar-refractivity contribution in [1.82, 2.24) is 10.3 Å². The average molecular weight is 422 g/mol. The van der Waals surface area contributed by atoms with Gasteiger partial charge in [-0.05, 0) is 41.2 Å². The number of nitrogens with one attached hydrogen (secondary N) is 1. The van der Waals surface area contributed by atoms with Crippen molar-refractivity contribution in [2.24, 2.45) is 11.1 Å². The van der Waals surface area contributed by atoms with Crippen molar-refractivity contribution >= 4 is 29.2 Å². The maximum atomic E-state index is 12.2. The molecule has 0 radical (unpaired) electrons. The molecule has 0 spiro atoms. The number of aliphatic carboxylic acids is 1. The number of nitrogens with zero attached hydrogens (tertiary/aromatic N) is 1. The van der Waals surface area contributed by atoms with Gasteiger partial charge in [0.05, 0.1) is 5.54 Å². The molecular formula is C21H25Cl2N3O2. The van der Waals surface area contributed by atoms with Gasteiger partial charge in [-0.25, -0.2) is 4.98 Å². The molecule has 1 aromatic heterocycles.